The molecular weight excluding hydrogens is 174 g/mol. The molecular formula is C11H9N3. The van der Waals surface area contributed by atoms with Crippen molar-refractivity contribution in [3.63, 3.8) is 0 Å². The molecule has 0 saturated carbocycles. The maximum Gasteiger partial charge on any atom is 0.118 e. The quantitative estimate of drug-likeness (QED) is 0.534. The van der Waals surface area contributed by atoms with Gasteiger partial charge in [-0.2, -0.15) is 5.10 Å². The number of fused-ring (bicyclic) bond motifs is 3. The van der Waals surface area contributed by atoms with Crippen LogP contribution in [0.2, 0.25) is 0 Å². The molecule has 68 valence electrons. The minimum Gasteiger partial charge on any atom is -0.236 e. The fraction of sp³-hybridized carbons (Fsp3) is 0.0909. The first kappa shape index (κ1) is 7.50. The monoisotopic (exact) mass is 183 g/mol. The first-order chi connectivity index (χ1) is 6.86. The molecule has 0 aliphatic rings. The maximum atomic E-state index is 4.32. The van der Waals surface area contributed by atoms with Crippen LogP contribution in [-0.4, -0.2) is 14.6 Å². The second kappa shape index (κ2) is 2.54. The van der Waals surface area contributed by atoms with Crippen LogP contribution in [0.3, 0.4) is 0 Å². The summed E-state index contributed by atoms with van der Waals surface area (Å²) in [4.78, 5) is 4.32. The number of benzene rings is 1. The highest BCUT2D eigenvalue weighted by molar-refractivity contribution is 5.94. The van der Waals surface area contributed by atoms with E-state index >= 15 is 0 Å². The van der Waals surface area contributed by atoms with Gasteiger partial charge in [0.2, 0.25) is 0 Å². The second-order valence-electron chi connectivity index (χ2n) is 3.38. The predicted molar refractivity (Wildman–Crippen MR) is 55.2 cm³/mol. The van der Waals surface area contributed by atoms with Crippen molar-refractivity contribution in [3.8, 4) is 0 Å². The van der Waals surface area contributed by atoms with Crippen LogP contribution in [0.15, 0.2) is 36.8 Å². The molecule has 0 aliphatic carbocycles. The van der Waals surface area contributed by atoms with Crippen molar-refractivity contribution >= 4 is 16.4 Å². The first-order valence-corrected chi connectivity index (χ1v) is 4.54. The molecule has 0 fully saturated rings. The maximum absolute atomic E-state index is 4.32. The van der Waals surface area contributed by atoms with Gasteiger partial charge in [0.15, 0.2) is 0 Å². The van der Waals surface area contributed by atoms with E-state index in [1.807, 2.05) is 28.9 Å². The smallest absolute Gasteiger partial charge is 0.118 e. The van der Waals surface area contributed by atoms with Gasteiger partial charge in [-0.1, -0.05) is 18.2 Å². The van der Waals surface area contributed by atoms with Crippen molar-refractivity contribution in [3.05, 3.63) is 42.4 Å². The van der Waals surface area contributed by atoms with Gasteiger partial charge in [-0.15, -0.1) is 0 Å². The number of aromatic nitrogens is 3. The Bertz CT molecular complexity index is 610. The van der Waals surface area contributed by atoms with Crippen LogP contribution in [0.1, 0.15) is 5.56 Å². The zero-order valence-corrected chi connectivity index (χ0v) is 7.81. The third-order valence-corrected chi connectivity index (χ3v) is 2.44. The average molecular weight is 183 g/mol. The topological polar surface area (TPSA) is 30.2 Å². The average Bonchev–Trinajstić information content (AvgIpc) is 2.61. The van der Waals surface area contributed by atoms with Crippen LogP contribution in [0.25, 0.3) is 16.4 Å². The van der Waals surface area contributed by atoms with Crippen LogP contribution in [0.5, 0.6) is 0 Å². The Balaban J connectivity index is 2.65. The summed E-state index contributed by atoms with van der Waals surface area (Å²) >= 11 is 0. The largest absolute Gasteiger partial charge is 0.236 e. The number of nitrogens with zero attached hydrogens (tertiary/aromatic N) is 3. The van der Waals surface area contributed by atoms with Gasteiger partial charge in [0, 0.05) is 5.39 Å². The van der Waals surface area contributed by atoms with Crippen LogP contribution < -0.4 is 0 Å². The van der Waals surface area contributed by atoms with Gasteiger partial charge in [-0.05, 0) is 18.6 Å². The number of para-hydroxylation sites is 1. The zero-order chi connectivity index (χ0) is 9.54. The molecule has 0 unspecified atom stereocenters. The highest BCUT2D eigenvalue weighted by Crippen LogP contribution is 2.19. The second-order valence-corrected chi connectivity index (χ2v) is 3.38. The van der Waals surface area contributed by atoms with Gasteiger partial charge < -0.3 is 0 Å². The Labute approximate surface area is 81.0 Å². The van der Waals surface area contributed by atoms with Crippen molar-refractivity contribution in [2.45, 2.75) is 6.92 Å². The van der Waals surface area contributed by atoms with Crippen molar-refractivity contribution in [1.82, 2.24) is 14.6 Å². The van der Waals surface area contributed by atoms with E-state index in [0.29, 0.717) is 0 Å². The van der Waals surface area contributed by atoms with E-state index in [-0.39, 0.29) is 0 Å². The summed E-state index contributed by atoms with van der Waals surface area (Å²) in [6, 6.07) is 8.11. The number of rotatable bonds is 0. The summed E-state index contributed by atoms with van der Waals surface area (Å²) in [7, 11) is 0. The van der Waals surface area contributed by atoms with Crippen LogP contribution in [-0.2, 0) is 0 Å². The number of hydrogen-bond donors (Lipinski definition) is 0. The van der Waals surface area contributed by atoms with Gasteiger partial charge in [0.05, 0.1) is 17.2 Å². The highest BCUT2D eigenvalue weighted by atomic mass is 15.2. The Kier molecular flexibility index (Phi) is 1.36. The van der Waals surface area contributed by atoms with Crippen molar-refractivity contribution in [1.29, 1.82) is 0 Å². The van der Waals surface area contributed by atoms with E-state index in [9.17, 15) is 0 Å². The van der Waals surface area contributed by atoms with Crippen molar-refractivity contribution in [2.24, 2.45) is 0 Å². The standard InChI is InChI=1S/C11H9N3/c1-8-6-13-14-7-12-10-5-3-2-4-9(10)11(8)14/h2-7H,1H3. The lowest BCUT2D eigenvalue weighted by Gasteiger charge is -1.99. The third kappa shape index (κ3) is 0.865. The third-order valence-electron chi connectivity index (χ3n) is 2.44. The lowest BCUT2D eigenvalue weighted by atomic mass is 10.2. The summed E-state index contributed by atoms with van der Waals surface area (Å²) < 4.78 is 1.82. The van der Waals surface area contributed by atoms with Gasteiger partial charge in [0.25, 0.3) is 0 Å². The molecule has 1 aromatic carbocycles. The van der Waals surface area contributed by atoms with E-state index in [1.54, 1.807) is 6.33 Å². The SMILES string of the molecule is Cc1cnn2cnc3ccccc3c12. The van der Waals surface area contributed by atoms with Crippen LogP contribution in [0, 0.1) is 6.92 Å². The van der Waals surface area contributed by atoms with E-state index in [2.05, 4.69) is 23.1 Å². The summed E-state index contributed by atoms with van der Waals surface area (Å²) in [5.74, 6) is 0. The summed E-state index contributed by atoms with van der Waals surface area (Å²) in [5, 5.41) is 5.38. The molecule has 3 rings (SSSR count). The fourth-order valence-corrected chi connectivity index (χ4v) is 1.78. The Morgan fingerprint density at radius 3 is 3.00 bits per heavy atom. The molecule has 2 heterocycles. The zero-order valence-electron chi connectivity index (χ0n) is 7.81. The van der Waals surface area contributed by atoms with E-state index < -0.39 is 0 Å². The summed E-state index contributed by atoms with van der Waals surface area (Å²) in [5.41, 5.74) is 3.35. The molecule has 0 aliphatic heterocycles. The lowest BCUT2D eigenvalue weighted by Crippen LogP contribution is -1.90. The van der Waals surface area contributed by atoms with E-state index in [1.165, 1.54) is 5.56 Å². The molecule has 0 N–H and O–H groups in total. The van der Waals surface area contributed by atoms with E-state index in [4.69, 9.17) is 0 Å². The van der Waals surface area contributed by atoms with Crippen LogP contribution >= 0.6 is 0 Å². The summed E-state index contributed by atoms with van der Waals surface area (Å²) in [6.07, 6.45) is 3.62. The van der Waals surface area contributed by atoms with E-state index in [0.717, 1.165) is 16.4 Å². The van der Waals surface area contributed by atoms with Gasteiger partial charge in [0.1, 0.15) is 6.33 Å². The summed E-state index contributed by atoms with van der Waals surface area (Å²) in [6.45, 7) is 2.06. The van der Waals surface area contributed by atoms with Crippen LogP contribution in [0.4, 0.5) is 0 Å². The molecule has 0 radical (unpaired) electrons. The Morgan fingerprint density at radius 1 is 1.21 bits per heavy atom. The molecule has 2 aromatic heterocycles. The first-order valence-electron chi connectivity index (χ1n) is 4.54. The van der Waals surface area contributed by atoms with Gasteiger partial charge >= 0.3 is 0 Å². The molecule has 0 bridgehead atoms. The molecule has 3 heteroatoms. The Hall–Kier alpha value is -1.90. The molecule has 0 saturated heterocycles. The lowest BCUT2D eigenvalue weighted by molar-refractivity contribution is 0.934. The predicted octanol–water partition coefficient (Wildman–Crippen LogP) is 2.19. The molecule has 0 atom stereocenters. The van der Waals surface area contributed by atoms with Crippen molar-refractivity contribution in [2.75, 3.05) is 0 Å². The molecule has 3 nitrogen and oxygen atoms in total. The highest BCUT2D eigenvalue weighted by Gasteiger charge is 2.04. The molecule has 3 aromatic rings. The molecule has 14 heavy (non-hydrogen) atoms. The minimum absolute atomic E-state index is 1.02. The van der Waals surface area contributed by atoms with Crippen molar-refractivity contribution < 1.29 is 0 Å². The van der Waals surface area contributed by atoms with Gasteiger partial charge in [-0.3, -0.25) is 0 Å². The Morgan fingerprint density at radius 2 is 2.07 bits per heavy atom. The van der Waals surface area contributed by atoms with Gasteiger partial charge in [-0.25, -0.2) is 9.50 Å². The number of aryl methyl sites for hydroxylation is 1. The minimum atomic E-state index is 1.02. The molecule has 0 amide bonds. The number of hydrogen-bond acceptors (Lipinski definition) is 2. The fourth-order valence-electron chi connectivity index (χ4n) is 1.78. The molecule has 0 spiro atoms. The normalized spacial score (nSPS) is 11.2.